The van der Waals surface area contributed by atoms with Crippen molar-refractivity contribution in [2.45, 2.75) is 12.8 Å². The van der Waals surface area contributed by atoms with Gasteiger partial charge in [-0.2, -0.15) is 10.4 Å². The topological polar surface area (TPSA) is 133 Å². The number of rotatable bonds is 5. The Kier molecular flexibility index (Phi) is 5.31. The SMILES string of the molecule is N#Cc1cc(Cl)cc(Oc2cc(CCc3n[nH]c4nc(N)ccc34)[nH]c(=O)c2Cl)c1. The van der Waals surface area contributed by atoms with E-state index in [1.165, 1.54) is 18.2 Å². The molecule has 0 unspecified atom stereocenters. The van der Waals surface area contributed by atoms with Crippen LogP contribution in [0.15, 0.2) is 41.2 Å². The first-order valence-corrected chi connectivity index (χ1v) is 9.58. The molecular formula is C20H14Cl2N6O2. The predicted octanol–water partition coefficient (Wildman–Crippen LogP) is 3.98. The first kappa shape index (κ1) is 19.8. The Balaban J connectivity index is 1.59. The number of H-pyrrole nitrogens is 2. The Bertz CT molecular complexity index is 1360. The lowest BCUT2D eigenvalue weighted by Crippen LogP contribution is -2.11. The van der Waals surface area contributed by atoms with Crippen molar-refractivity contribution in [1.29, 1.82) is 5.26 Å². The van der Waals surface area contributed by atoms with Gasteiger partial charge in [-0.25, -0.2) is 4.98 Å². The number of anilines is 1. The largest absolute Gasteiger partial charge is 0.455 e. The molecule has 30 heavy (non-hydrogen) atoms. The molecule has 0 amide bonds. The monoisotopic (exact) mass is 440 g/mol. The van der Waals surface area contributed by atoms with E-state index in [0.717, 1.165) is 11.1 Å². The fourth-order valence-corrected chi connectivity index (χ4v) is 3.37. The zero-order chi connectivity index (χ0) is 21.3. The number of nitriles is 1. The molecule has 1 aromatic carbocycles. The summed E-state index contributed by atoms with van der Waals surface area (Å²) in [6.07, 6.45) is 1.02. The number of aromatic nitrogens is 4. The molecule has 0 radical (unpaired) electrons. The summed E-state index contributed by atoms with van der Waals surface area (Å²) in [7, 11) is 0. The minimum absolute atomic E-state index is 0.0953. The third-order valence-corrected chi connectivity index (χ3v) is 4.96. The summed E-state index contributed by atoms with van der Waals surface area (Å²) in [5.74, 6) is 0.879. The lowest BCUT2D eigenvalue weighted by molar-refractivity contribution is 0.480. The van der Waals surface area contributed by atoms with Gasteiger partial charge < -0.3 is 15.5 Å². The first-order chi connectivity index (χ1) is 14.4. The molecule has 3 heterocycles. The van der Waals surface area contributed by atoms with Gasteiger partial charge in [0, 0.05) is 22.2 Å². The second kappa shape index (κ2) is 8.06. The Morgan fingerprint density at radius 3 is 2.80 bits per heavy atom. The van der Waals surface area contributed by atoms with E-state index < -0.39 is 5.56 Å². The predicted molar refractivity (Wildman–Crippen MR) is 114 cm³/mol. The third kappa shape index (κ3) is 4.08. The molecule has 0 fully saturated rings. The number of aromatic amines is 2. The number of halogens is 2. The van der Waals surface area contributed by atoms with E-state index in [4.69, 9.17) is 38.9 Å². The standard InChI is InChI=1S/C20H14Cl2N6O2/c21-11-5-10(9-23)6-13(7-11)30-16-8-12(25-20(29)18(16)22)1-3-15-14-2-4-17(24)26-19(14)28-27-15/h2,4-8H,1,3H2,(H,25,29)(H3,24,26,27,28). The number of benzene rings is 1. The van der Waals surface area contributed by atoms with Gasteiger partial charge in [0.1, 0.15) is 16.6 Å². The minimum atomic E-state index is -0.479. The number of hydrogen-bond acceptors (Lipinski definition) is 6. The zero-order valence-corrected chi connectivity index (χ0v) is 16.9. The van der Waals surface area contributed by atoms with Gasteiger partial charge in [-0.1, -0.05) is 23.2 Å². The molecule has 0 atom stereocenters. The van der Waals surface area contributed by atoms with Gasteiger partial charge in [0.15, 0.2) is 11.4 Å². The van der Waals surface area contributed by atoms with Gasteiger partial charge in [0.2, 0.25) is 0 Å². The van der Waals surface area contributed by atoms with Crippen LogP contribution in [0.4, 0.5) is 5.82 Å². The van der Waals surface area contributed by atoms with Crippen molar-refractivity contribution in [2.75, 3.05) is 5.73 Å². The van der Waals surface area contributed by atoms with Crippen LogP contribution in [0.3, 0.4) is 0 Å². The van der Waals surface area contributed by atoms with E-state index in [0.29, 0.717) is 46.3 Å². The van der Waals surface area contributed by atoms with E-state index in [9.17, 15) is 4.79 Å². The van der Waals surface area contributed by atoms with Crippen LogP contribution in [0.2, 0.25) is 10.0 Å². The summed E-state index contributed by atoms with van der Waals surface area (Å²) in [5.41, 5.74) is 7.55. The first-order valence-electron chi connectivity index (χ1n) is 8.82. The molecule has 0 saturated heterocycles. The highest BCUT2D eigenvalue weighted by Crippen LogP contribution is 2.30. The smallest absolute Gasteiger partial charge is 0.270 e. The van der Waals surface area contributed by atoms with Crippen LogP contribution in [-0.2, 0) is 12.8 Å². The summed E-state index contributed by atoms with van der Waals surface area (Å²) in [6.45, 7) is 0. The Morgan fingerprint density at radius 1 is 1.17 bits per heavy atom. The summed E-state index contributed by atoms with van der Waals surface area (Å²) in [4.78, 5) is 19.2. The highest BCUT2D eigenvalue weighted by molar-refractivity contribution is 6.32. The molecule has 0 aliphatic carbocycles. The Morgan fingerprint density at radius 2 is 2.00 bits per heavy atom. The van der Waals surface area contributed by atoms with E-state index in [-0.39, 0.29) is 10.8 Å². The number of fused-ring (bicyclic) bond motifs is 1. The van der Waals surface area contributed by atoms with E-state index in [1.54, 1.807) is 12.1 Å². The van der Waals surface area contributed by atoms with Crippen LogP contribution in [-0.4, -0.2) is 20.2 Å². The number of nitrogen functional groups attached to an aromatic ring is 1. The maximum atomic E-state index is 12.3. The van der Waals surface area contributed by atoms with Crippen molar-refractivity contribution >= 4 is 40.1 Å². The maximum Gasteiger partial charge on any atom is 0.270 e. The van der Waals surface area contributed by atoms with E-state index in [1.807, 2.05) is 12.1 Å². The number of ether oxygens (including phenoxy) is 1. The fourth-order valence-electron chi connectivity index (χ4n) is 3.01. The molecule has 10 heteroatoms. The molecule has 8 nitrogen and oxygen atoms in total. The quantitative estimate of drug-likeness (QED) is 0.429. The number of nitrogens with one attached hydrogen (secondary N) is 2. The molecule has 4 N–H and O–H groups in total. The summed E-state index contributed by atoms with van der Waals surface area (Å²) in [6, 6.07) is 11.8. The van der Waals surface area contributed by atoms with Crippen molar-refractivity contribution in [2.24, 2.45) is 0 Å². The van der Waals surface area contributed by atoms with Gasteiger partial charge in [-0.3, -0.25) is 9.89 Å². The van der Waals surface area contributed by atoms with Crippen LogP contribution >= 0.6 is 23.2 Å². The second-order valence-corrected chi connectivity index (χ2v) is 7.31. The minimum Gasteiger partial charge on any atom is -0.455 e. The summed E-state index contributed by atoms with van der Waals surface area (Å²) in [5, 5.41) is 17.3. The Hall–Kier alpha value is -3.54. The average molecular weight is 441 g/mol. The van der Waals surface area contributed by atoms with Crippen LogP contribution in [0.25, 0.3) is 11.0 Å². The number of pyridine rings is 2. The highest BCUT2D eigenvalue weighted by atomic mass is 35.5. The van der Waals surface area contributed by atoms with Crippen LogP contribution in [0.5, 0.6) is 11.5 Å². The van der Waals surface area contributed by atoms with Crippen LogP contribution in [0, 0.1) is 11.3 Å². The molecule has 4 rings (SSSR count). The average Bonchev–Trinajstić information content (AvgIpc) is 3.11. The molecule has 0 bridgehead atoms. The zero-order valence-electron chi connectivity index (χ0n) is 15.4. The maximum absolute atomic E-state index is 12.3. The second-order valence-electron chi connectivity index (χ2n) is 6.49. The van der Waals surface area contributed by atoms with E-state index >= 15 is 0 Å². The van der Waals surface area contributed by atoms with Gasteiger partial charge in [0.25, 0.3) is 5.56 Å². The normalized spacial score (nSPS) is 10.8. The van der Waals surface area contributed by atoms with Crippen molar-refractivity contribution in [3.05, 3.63) is 73.7 Å². The molecule has 0 aliphatic heterocycles. The number of hydrogen-bond donors (Lipinski definition) is 3. The highest BCUT2D eigenvalue weighted by Gasteiger charge is 2.13. The molecule has 0 saturated carbocycles. The number of nitrogens with zero attached hydrogens (tertiary/aromatic N) is 3. The van der Waals surface area contributed by atoms with Crippen LogP contribution in [0.1, 0.15) is 17.0 Å². The van der Waals surface area contributed by atoms with Crippen molar-refractivity contribution in [3.8, 4) is 17.6 Å². The fraction of sp³-hybridized carbons (Fsp3) is 0.100. The van der Waals surface area contributed by atoms with Crippen molar-refractivity contribution < 1.29 is 4.74 Å². The summed E-state index contributed by atoms with van der Waals surface area (Å²) < 4.78 is 5.74. The van der Waals surface area contributed by atoms with Gasteiger partial charge in [-0.15, -0.1) is 0 Å². The lowest BCUT2D eigenvalue weighted by atomic mass is 10.1. The van der Waals surface area contributed by atoms with E-state index in [2.05, 4.69) is 20.2 Å². The van der Waals surface area contributed by atoms with Crippen molar-refractivity contribution in [1.82, 2.24) is 20.2 Å². The molecule has 150 valence electrons. The molecule has 0 aliphatic rings. The molecule has 3 aromatic heterocycles. The lowest BCUT2D eigenvalue weighted by Gasteiger charge is -2.10. The third-order valence-electron chi connectivity index (χ3n) is 4.38. The summed E-state index contributed by atoms with van der Waals surface area (Å²) >= 11 is 12.1. The number of nitrogens with two attached hydrogens (primary N) is 1. The van der Waals surface area contributed by atoms with Crippen molar-refractivity contribution in [3.63, 3.8) is 0 Å². The van der Waals surface area contributed by atoms with Gasteiger partial charge in [0.05, 0.1) is 17.3 Å². The van der Waals surface area contributed by atoms with Crippen LogP contribution < -0.4 is 16.0 Å². The molecule has 0 spiro atoms. The van der Waals surface area contributed by atoms with Gasteiger partial charge >= 0.3 is 0 Å². The molecular weight excluding hydrogens is 427 g/mol. The van der Waals surface area contributed by atoms with Gasteiger partial charge in [-0.05, 0) is 43.2 Å². The Labute approximate surface area is 180 Å². The molecule has 4 aromatic rings. The number of aryl methyl sites for hydroxylation is 2.